The van der Waals surface area contributed by atoms with Gasteiger partial charge in [-0.1, -0.05) is 48.5 Å². The van der Waals surface area contributed by atoms with Crippen LogP contribution in [-0.2, 0) is 67.6 Å². The van der Waals surface area contributed by atoms with E-state index in [0.29, 0.717) is 0 Å². The van der Waals surface area contributed by atoms with Gasteiger partial charge in [0.1, 0.15) is 19.6 Å². The van der Waals surface area contributed by atoms with E-state index >= 15 is 0 Å². The van der Waals surface area contributed by atoms with Crippen molar-refractivity contribution in [3.63, 3.8) is 0 Å². The van der Waals surface area contributed by atoms with E-state index < -0.39 is 132 Å². The molecule has 2 aliphatic heterocycles. The summed E-state index contributed by atoms with van der Waals surface area (Å²) in [5, 5.41) is 1.19. The summed E-state index contributed by atoms with van der Waals surface area (Å²) in [4.78, 5) is 43.8. The van der Waals surface area contributed by atoms with Crippen molar-refractivity contribution in [3.8, 4) is 45.6 Å². The molecular formula is C41H23ClCuN14O14S5-2. The minimum atomic E-state index is -5.11. The Balaban J connectivity index is 0.00000657. The van der Waals surface area contributed by atoms with Crippen molar-refractivity contribution in [2.75, 3.05) is 15.8 Å². The van der Waals surface area contributed by atoms with Crippen molar-refractivity contribution < 1.29 is 77.4 Å². The maximum absolute atomic E-state index is 14.7. The van der Waals surface area contributed by atoms with Crippen LogP contribution in [0.5, 0.6) is 0 Å². The zero-order valence-electron chi connectivity index (χ0n) is 36.7. The maximum atomic E-state index is 14.7. The second-order valence-electron chi connectivity index (χ2n) is 15.8. The van der Waals surface area contributed by atoms with Gasteiger partial charge in [-0.3, -0.25) is 22.9 Å². The average Bonchev–Trinajstić information content (AvgIpc) is 4.10. The van der Waals surface area contributed by atoms with Crippen molar-refractivity contribution in [1.29, 1.82) is 0 Å². The fourth-order valence-corrected chi connectivity index (χ4v) is 12.5. The second-order valence-corrected chi connectivity index (χ2v) is 23.4. The molecule has 8 bridgehead atoms. The summed E-state index contributed by atoms with van der Waals surface area (Å²) in [7, 11) is -25.2. The molecular weight excluding hydrogens is 1170 g/mol. The Bertz CT molecular complexity index is 4800. The number of benzene rings is 5. The molecule has 0 amide bonds. The Kier molecular flexibility index (Phi) is 12.2. The molecule has 0 unspecified atom stereocenters. The van der Waals surface area contributed by atoms with Crippen LogP contribution in [0.3, 0.4) is 0 Å². The molecule has 0 spiro atoms. The molecule has 5 aromatic carbocycles. The van der Waals surface area contributed by atoms with Crippen molar-refractivity contribution in [2.45, 2.75) is 24.5 Å². The van der Waals surface area contributed by atoms with Crippen LogP contribution in [-0.4, -0.2) is 105 Å². The number of nitrogens with two attached hydrogens (primary N) is 1. The monoisotopic (exact) mass is 1190 g/mol. The summed E-state index contributed by atoms with van der Waals surface area (Å²) in [5.74, 6) is -2.60. The van der Waals surface area contributed by atoms with E-state index in [9.17, 15) is 60.3 Å². The third-order valence-corrected chi connectivity index (χ3v) is 16.4. The first kappa shape index (κ1) is 51.7. The van der Waals surface area contributed by atoms with Gasteiger partial charge < -0.3 is 41.0 Å². The van der Waals surface area contributed by atoms with Gasteiger partial charge in [0.15, 0.2) is 0 Å². The van der Waals surface area contributed by atoms with Gasteiger partial charge in [-0.15, -0.1) is 0 Å². The van der Waals surface area contributed by atoms with Gasteiger partial charge in [-0.2, -0.15) is 48.6 Å². The van der Waals surface area contributed by atoms with Gasteiger partial charge in [0.05, 0.1) is 39.6 Å². The normalized spacial score (nSPS) is 12.8. The summed E-state index contributed by atoms with van der Waals surface area (Å²) in [6, 6.07) is 17.2. The zero-order chi connectivity index (χ0) is 53.3. The van der Waals surface area contributed by atoms with E-state index in [1.807, 2.05) is 0 Å². The Morgan fingerprint density at radius 3 is 1.41 bits per heavy atom. The van der Waals surface area contributed by atoms with Gasteiger partial charge in [0.2, 0.25) is 17.2 Å². The van der Waals surface area contributed by atoms with Crippen molar-refractivity contribution in [1.82, 2.24) is 54.8 Å². The van der Waals surface area contributed by atoms with E-state index in [-0.39, 0.29) is 78.2 Å². The van der Waals surface area contributed by atoms with E-state index in [2.05, 4.69) is 64.9 Å². The van der Waals surface area contributed by atoms with Crippen LogP contribution >= 0.6 is 11.6 Å². The molecule has 11 rings (SSSR count). The molecule has 2 aliphatic rings. The van der Waals surface area contributed by atoms with Gasteiger partial charge in [-0.25, -0.2) is 18.4 Å². The summed E-state index contributed by atoms with van der Waals surface area (Å²) in [5.41, 5.74) is 2.09. The maximum Gasteiger partial charge on any atom is 0.296 e. The SMILES string of the molecule is Nc1nc(Cl)nc(Nc2cc(NS(=O)(=O)c3cccc4c5nc6nc(nc7[n-]c(nc8nc(nc([n-]5)c34)-c3cccc(S(=O)(=O)O)c3-8)c3cccc(S(=O)(=O)O)c73)-c3cccc(S(=O)(=O)O)c3-6)ccc2S(=O)(=O)O)n1.[Cu]. The van der Waals surface area contributed by atoms with Gasteiger partial charge in [0.25, 0.3) is 50.5 Å². The predicted octanol–water partition coefficient (Wildman–Crippen LogP) is 4.08. The second kappa shape index (κ2) is 18.0. The number of anilines is 4. The number of hydrogen-bond acceptors (Lipinski definition) is 21. The molecule has 0 fully saturated rings. The first-order valence-corrected chi connectivity index (χ1v) is 28.1. The van der Waals surface area contributed by atoms with Crippen molar-refractivity contribution in [2.24, 2.45) is 0 Å². The fourth-order valence-electron chi connectivity index (χ4n) is 8.26. The molecule has 8 N–H and O–H groups in total. The van der Waals surface area contributed by atoms with E-state index in [1.54, 1.807) is 0 Å². The Labute approximate surface area is 440 Å². The van der Waals surface area contributed by atoms with Gasteiger partial charge in [0, 0.05) is 72.7 Å². The molecule has 0 saturated heterocycles. The number of hydrogen-bond donors (Lipinski definition) is 7. The van der Waals surface area contributed by atoms with E-state index in [1.165, 1.54) is 48.5 Å². The Morgan fingerprint density at radius 1 is 0.474 bits per heavy atom. The molecule has 0 atom stereocenters. The van der Waals surface area contributed by atoms with Crippen LogP contribution in [0, 0.1) is 0 Å². The molecule has 391 valence electrons. The van der Waals surface area contributed by atoms with Crippen LogP contribution in [0.25, 0.3) is 89.7 Å². The van der Waals surface area contributed by atoms with Crippen LogP contribution in [0.2, 0.25) is 5.28 Å². The summed E-state index contributed by atoms with van der Waals surface area (Å²) in [6.45, 7) is 0. The van der Waals surface area contributed by atoms with Crippen LogP contribution in [0.4, 0.5) is 23.3 Å². The van der Waals surface area contributed by atoms with E-state index in [4.69, 9.17) is 17.3 Å². The number of aromatic nitrogens is 11. The molecule has 9 aromatic rings. The number of halogens is 1. The number of fused-ring (bicyclic) bond motifs is 20. The first-order valence-electron chi connectivity index (χ1n) is 20.5. The molecule has 35 heteroatoms. The fraction of sp³-hybridized carbons (Fsp3) is 0. The Hall–Kier alpha value is -7.73. The number of sulfonamides is 1. The minimum absolute atomic E-state index is 0. The summed E-state index contributed by atoms with van der Waals surface area (Å²) >= 11 is 5.89. The molecule has 28 nitrogen and oxygen atoms in total. The van der Waals surface area contributed by atoms with Crippen molar-refractivity contribution >= 4 is 130 Å². The number of nitrogens with zero attached hydrogens (tertiary/aromatic N) is 11. The summed E-state index contributed by atoms with van der Waals surface area (Å²) in [6.07, 6.45) is 0. The molecule has 4 aromatic heterocycles. The van der Waals surface area contributed by atoms with Crippen LogP contribution in [0.1, 0.15) is 0 Å². The standard InChI is InChI=1S/C41H23ClN14O14S5.Cu/c42-39-53-40(43)55-41(54-39)44-21-15-16(13-14-22(21)72(59,60)61)56-71(57,58)23-9-1-5-17-27(23)35-45-31(17)47-36-29-19(7-3-11-25(29)74(65,66)67)33(49-36)51-38-30-20(8-4-12-26(30)75(68,69)70)34(52-38)50-37-28-18(32(46-35)48-37)6-2-10-24(28)73(62,63)64;/h1-15,56H,(H7-2,43,44,45,46,47,48,49,50,51,52,53,54,55,59,60,61,62,63,64,65,66,67,68,69,70);/q-2;. The van der Waals surface area contributed by atoms with Gasteiger partial charge in [-0.05, 0) is 64.8 Å². The van der Waals surface area contributed by atoms with Crippen LogP contribution < -0.4 is 25.7 Å². The quantitative estimate of drug-likeness (QED) is 0.0790. The smallest absolute Gasteiger partial charge is 0.296 e. The minimum Gasteiger partial charge on any atom is -0.368 e. The number of rotatable bonds is 9. The average molecular weight is 1200 g/mol. The van der Waals surface area contributed by atoms with Crippen molar-refractivity contribution in [3.05, 3.63) is 96.3 Å². The zero-order valence-corrected chi connectivity index (χ0v) is 42.5. The van der Waals surface area contributed by atoms with Gasteiger partial charge >= 0.3 is 0 Å². The topological polar surface area (TPSA) is 446 Å². The number of nitrogens with one attached hydrogen (secondary N) is 2. The largest absolute Gasteiger partial charge is 0.368 e. The van der Waals surface area contributed by atoms with E-state index in [0.717, 1.165) is 42.5 Å². The molecule has 76 heavy (non-hydrogen) atoms. The Morgan fingerprint density at radius 2 is 0.921 bits per heavy atom. The summed E-state index contributed by atoms with van der Waals surface area (Å²) < 4.78 is 176. The molecule has 1 radical (unpaired) electrons. The van der Waals surface area contributed by atoms with Crippen LogP contribution in [0.15, 0.2) is 115 Å². The number of nitrogen functional groups attached to an aromatic ring is 1. The molecule has 0 aliphatic carbocycles. The third kappa shape index (κ3) is 9.09. The first-order chi connectivity index (χ1) is 35.2. The molecule has 0 saturated carbocycles. The third-order valence-electron chi connectivity index (χ3n) is 11.2. The predicted molar refractivity (Wildman–Crippen MR) is 263 cm³/mol. The molecule has 6 heterocycles.